The van der Waals surface area contributed by atoms with E-state index in [9.17, 15) is 0 Å². The molecule has 0 aliphatic rings. The average molecular weight is 854 g/mol. The molecule has 11 aromatic carbocycles. The zero-order valence-electron chi connectivity index (χ0n) is 36.7. The van der Waals surface area contributed by atoms with Crippen LogP contribution in [0.5, 0.6) is 0 Å². The van der Waals surface area contributed by atoms with Crippen LogP contribution >= 0.6 is 0 Å². The van der Waals surface area contributed by atoms with Crippen molar-refractivity contribution in [3.8, 4) is 44.8 Å². The van der Waals surface area contributed by atoms with Crippen molar-refractivity contribution in [1.29, 1.82) is 0 Å². The number of para-hydroxylation sites is 4. The van der Waals surface area contributed by atoms with Crippen LogP contribution in [0.1, 0.15) is 0 Å². The van der Waals surface area contributed by atoms with Crippen LogP contribution in [0.3, 0.4) is 0 Å². The first-order chi connectivity index (χ1) is 33.2. The standard InChI is InChI=1S/C64H43N3/c1-2-16-45(17-3-1)59-43-48(47-20-14-21-52(42-47)67-62-30-12-8-25-57(62)58-26-9-13-31-63(58)67)34-41-64(59)65(49-35-32-46(33-36-49)54-27-15-19-44-18-4-5-22-53(44)54)50-37-39-51(40-38-50)66-60-28-10-6-23-55(60)56-24-7-11-29-61(56)66/h1-43H. The zero-order valence-corrected chi connectivity index (χ0v) is 36.7. The summed E-state index contributed by atoms with van der Waals surface area (Å²) in [5.74, 6) is 0. The lowest BCUT2D eigenvalue weighted by atomic mass is 9.95. The van der Waals surface area contributed by atoms with Crippen LogP contribution in [0.25, 0.3) is 99.1 Å². The van der Waals surface area contributed by atoms with Crippen LogP contribution in [0.15, 0.2) is 261 Å². The summed E-state index contributed by atoms with van der Waals surface area (Å²) in [6.07, 6.45) is 0. The summed E-state index contributed by atoms with van der Waals surface area (Å²) in [6, 6.07) is 95.0. The molecule has 0 fully saturated rings. The second kappa shape index (κ2) is 16.0. The molecule has 0 bridgehead atoms. The molecule has 3 nitrogen and oxygen atoms in total. The molecule has 0 amide bonds. The Kier molecular flexibility index (Phi) is 9.17. The fourth-order valence-corrected chi connectivity index (χ4v) is 10.4. The van der Waals surface area contributed by atoms with Crippen LogP contribution in [0.2, 0.25) is 0 Å². The van der Waals surface area contributed by atoms with E-state index in [1.54, 1.807) is 0 Å². The van der Waals surface area contributed by atoms with Crippen LogP contribution in [0.4, 0.5) is 17.1 Å². The molecule has 0 saturated carbocycles. The smallest absolute Gasteiger partial charge is 0.0541 e. The summed E-state index contributed by atoms with van der Waals surface area (Å²) in [6.45, 7) is 0. The van der Waals surface area contributed by atoms with Gasteiger partial charge in [0.25, 0.3) is 0 Å². The van der Waals surface area contributed by atoms with Crippen molar-refractivity contribution in [2.45, 2.75) is 0 Å². The lowest BCUT2D eigenvalue weighted by Crippen LogP contribution is -2.11. The molecule has 0 aliphatic heterocycles. The largest absolute Gasteiger partial charge is 0.310 e. The number of nitrogens with zero attached hydrogens (tertiary/aromatic N) is 3. The summed E-state index contributed by atoms with van der Waals surface area (Å²) in [5.41, 5.74) is 17.3. The Balaban J connectivity index is 0.974. The Labute approximate surface area is 389 Å². The van der Waals surface area contributed by atoms with Gasteiger partial charge >= 0.3 is 0 Å². The van der Waals surface area contributed by atoms with E-state index in [1.807, 2.05) is 0 Å². The number of benzene rings is 11. The highest BCUT2D eigenvalue weighted by Crippen LogP contribution is 2.44. The van der Waals surface area contributed by atoms with Gasteiger partial charge in [-0.1, -0.05) is 176 Å². The van der Waals surface area contributed by atoms with Gasteiger partial charge in [-0.3, -0.25) is 0 Å². The minimum atomic E-state index is 1.07. The summed E-state index contributed by atoms with van der Waals surface area (Å²) >= 11 is 0. The lowest BCUT2D eigenvalue weighted by Gasteiger charge is -2.29. The predicted octanol–water partition coefficient (Wildman–Crippen LogP) is 17.5. The summed E-state index contributed by atoms with van der Waals surface area (Å²) in [5, 5.41) is 7.51. The van der Waals surface area contributed by atoms with Gasteiger partial charge in [0.05, 0.1) is 27.8 Å². The Hall–Kier alpha value is -8.92. The van der Waals surface area contributed by atoms with E-state index in [1.165, 1.54) is 65.5 Å². The molecule has 0 saturated heterocycles. The SMILES string of the molecule is c1ccc(-c2cc(-c3cccc(-n4c5ccccc5c5ccccc54)c3)ccc2N(c2ccc(-c3cccc4ccccc34)cc2)c2ccc(-n3c4ccccc4c4ccccc43)cc2)cc1. The maximum absolute atomic E-state index is 2.42. The van der Waals surface area contributed by atoms with Gasteiger partial charge in [0.15, 0.2) is 0 Å². The van der Waals surface area contributed by atoms with Crippen molar-refractivity contribution in [2.24, 2.45) is 0 Å². The second-order valence-corrected chi connectivity index (χ2v) is 17.3. The van der Waals surface area contributed by atoms with Crippen LogP contribution in [-0.4, -0.2) is 9.13 Å². The van der Waals surface area contributed by atoms with E-state index >= 15 is 0 Å². The van der Waals surface area contributed by atoms with Gasteiger partial charge in [0, 0.05) is 49.9 Å². The van der Waals surface area contributed by atoms with E-state index in [0.717, 1.165) is 50.7 Å². The molecule has 0 N–H and O–H groups in total. The van der Waals surface area contributed by atoms with Crippen molar-refractivity contribution in [3.63, 3.8) is 0 Å². The molecule has 0 unspecified atom stereocenters. The van der Waals surface area contributed by atoms with Gasteiger partial charge in [-0.25, -0.2) is 0 Å². The van der Waals surface area contributed by atoms with Crippen LogP contribution in [0, 0.1) is 0 Å². The first-order valence-corrected chi connectivity index (χ1v) is 23.0. The van der Waals surface area contributed by atoms with Gasteiger partial charge in [0.1, 0.15) is 0 Å². The van der Waals surface area contributed by atoms with Gasteiger partial charge in [-0.2, -0.15) is 0 Å². The fourth-order valence-electron chi connectivity index (χ4n) is 10.4. The molecule has 0 spiro atoms. The molecular weight excluding hydrogens is 811 g/mol. The fraction of sp³-hybridized carbons (Fsp3) is 0. The third kappa shape index (κ3) is 6.51. The van der Waals surface area contributed by atoms with E-state index < -0.39 is 0 Å². The van der Waals surface area contributed by atoms with Crippen molar-refractivity contribution in [2.75, 3.05) is 4.90 Å². The highest BCUT2D eigenvalue weighted by molar-refractivity contribution is 6.10. The maximum Gasteiger partial charge on any atom is 0.0541 e. The third-order valence-corrected chi connectivity index (χ3v) is 13.5. The average Bonchev–Trinajstić information content (AvgIpc) is 3.93. The monoisotopic (exact) mass is 853 g/mol. The number of rotatable bonds is 8. The molecule has 314 valence electrons. The predicted molar refractivity (Wildman–Crippen MR) is 284 cm³/mol. The van der Waals surface area contributed by atoms with Crippen molar-refractivity contribution in [3.05, 3.63) is 261 Å². The zero-order chi connectivity index (χ0) is 44.3. The maximum atomic E-state index is 2.42. The third-order valence-electron chi connectivity index (χ3n) is 13.5. The first kappa shape index (κ1) is 38.5. The number of hydrogen-bond acceptors (Lipinski definition) is 1. The molecular formula is C64H43N3. The van der Waals surface area contributed by atoms with E-state index in [2.05, 4.69) is 275 Å². The minimum Gasteiger partial charge on any atom is -0.310 e. The van der Waals surface area contributed by atoms with Gasteiger partial charge < -0.3 is 14.0 Å². The number of hydrogen-bond donors (Lipinski definition) is 0. The number of anilines is 3. The molecule has 3 heteroatoms. The van der Waals surface area contributed by atoms with Gasteiger partial charge in [-0.15, -0.1) is 0 Å². The highest BCUT2D eigenvalue weighted by Gasteiger charge is 2.21. The normalized spacial score (nSPS) is 11.6. The molecule has 2 heterocycles. The minimum absolute atomic E-state index is 1.07. The number of aromatic nitrogens is 2. The number of fused-ring (bicyclic) bond motifs is 7. The van der Waals surface area contributed by atoms with Crippen LogP contribution in [-0.2, 0) is 0 Å². The second-order valence-electron chi connectivity index (χ2n) is 17.3. The molecule has 0 aliphatic carbocycles. The van der Waals surface area contributed by atoms with Crippen molar-refractivity contribution < 1.29 is 0 Å². The quantitative estimate of drug-likeness (QED) is 0.148. The molecule has 2 aromatic heterocycles. The van der Waals surface area contributed by atoms with Crippen molar-refractivity contribution in [1.82, 2.24) is 9.13 Å². The van der Waals surface area contributed by atoms with Gasteiger partial charge in [-0.05, 0) is 124 Å². The Morgan fingerprint density at radius 3 is 1.30 bits per heavy atom. The topological polar surface area (TPSA) is 13.1 Å². The molecule has 13 aromatic rings. The van der Waals surface area contributed by atoms with E-state index in [-0.39, 0.29) is 0 Å². The highest BCUT2D eigenvalue weighted by atomic mass is 15.1. The molecule has 0 radical (unpaired) electrons. The first-order valence-electron chi connectivity index (χ1n) is 23.0. The molecule has 67 heavy (non-hydrogen) atoms. The summed E-state index contributed by atoms with van der Waals surface area (Å²) in [4.78, 5) is 2.42. The Bertz CT molecular complexity index is 3860. The van der Waals surface area contributed by atoms with Crippen LogP contribution < -0.4 is 4.90 Å². The summed E-state index contributed by atoms with van der Waals surface area (Å²) in [7, 11) is 0. The lowest BCUT2D eigenvalue weighted by molar-refractivity contribution is 1.17. The summed E-state index contributed by atoms with van der Waals surface area (Å²) < 4.78 is 4.78. The van der Waals surface area contributed by atoms with Gasteiger partial charge in [0.2, 0.25) is 0 Å². The van der Waals surface area contributed by atoms with Crippen molar-refractivity contribution >= 4 is 71.4 Å². The Morgan fingerprint density at radius 1 is 0.254 bits per heavy atom. The Morgan fingerprint density at radius 2 is 0.687 bits per heavy atom. The van der Waals surface area contributed by atoms with E-state index in [0.29, 0.717) is 0 Å². The molecule has 0 atom stereocenters. The molecule has 13 rings (SSSR count). The van der Waals surface area contributed by atoms with E-state index in [4.69, 9.17) is 0 Å².